The second-order valence-electron chi connectivity index (χ2n) is 6.28. The molecule has 0 aromatic carbocycles. The number of hydrogen-bond donors (Lipinski definition) is 0. The first kappa shape index (κ1) is 22.1. The zero-order valence-corrected chi connectivity index (χ0v) is 20.0. The van der Waals surface area contributed by atoms with Crippen LogP contribution in [-0.2, 0) is 10.8 Å². The summed E-state index contributed by atoms with van der Waals surface area (Å²) in [6, 6.07) is 3.56. The van der Waals surface area contributed by atoms with Gasteiger partial charge in [0.1, 0.15) is 0 Å². The van der Waals surface area contributed by atoms with Crippen LogP contribution in [0.15, 0.2) is 20.6 Å². The van der Waals surface area contributed by atoms with E-state index in [0.29, 0.717) is 0 Å². The Kier molecular flexibility index (Phi) is 10.0. The molecule has 0 saturated heterocycles. The molecule has 0 fully saturated rings. The van der Waals surface area contributed by atoms with Gasteiger partial charge in [0.05, 0.1) is 16.8 Å². The Morgan fingerprint density at radius 1 is 1.25 bits per heavy atom. The molecule has 0 aliphatic rings. The number of hydrogen-bond acceptors (Lipinski definition) is 3. The summed E-state index contributed by atoms with van der Waals surface area (Å²) in [5.74, 6) is 0. The van der Waals surface area contributed by atoms with E-state index in [1.54, 1.807) is 11.3 Å². The molecule has 0 N–H and O–H groups in total. The molecule has 24 heavy (non-hydrogen) atoms. The van der Waals surface area contributed by atoms with Crippen LogP contribution in [-0.4, -0.2) is 19.4 Å². The Bertz CT molecular complexity index is 551. The fraction of sp³-hybridized carbons (Fsp3) is 0.632. The van der Waals surface area contributed by atoms with E-state index in [2.05, 4.69) is 86.6 Å². The number of halogens is 1. The summed E-state index contributed by atoms with van der Waals surface area (Å²) < 4.78 is 8.13. The fourth-order valence-electron chi connectivity index (χ4n) is 2.78. The van der Waals surface area contributed by atoms with Gasteiger partial charge in [-0.25, -0.2) is 4.98 Å². The molecule has 2 nitrogen and oxygen atoms in total. The van der Waals surface area contributed by atoms with Crippen LogP contribution in [0.4, 0.5) is 0 Å². The minimum absolute atomic E-state index is 0.174. The second-order valence-corrected chi connectivity index (χ2v) is 13.7. The molecule has 1 heterocycles. The number of thiazole rings is 1. The molecule has 0 radical (unpaired) electrons. The lowest BCUT2D eigenvalue weighted by atomic mass is 10.1. The van der Waals surface area contributed by atoms with Crippen LogP contribution >= 0.6 is 33.9 Å². The molecule has 5 heteroatoms. The van der Waals surface area contributed by atoms with E-state index in [4.69, 9.17) is 4.43 Å². The number of rotatable bonds is 10. The molecular formula is C19H32INOSSi. The zero-order chi connectivity index (χ0) is 18.2. The summed E-state index contributed by atoms with van der Waals surface area (Å²) in [6.07, 6.45) is 6.65. The van der Waals surface area contributed by atoms with Crippen molar-refractivity contribution in [3.63, 3.8) is 0 Å². The van der Waals surface area contributed by atoms with Gasteiger partial charge >= 0.3 is 0 Å². The largest absolute Gasteiger partial charge is 0.410 e. The normalized spacial score (nSPS) is 15.0. The third-order valence-corrected chi connectivity index (χ3v) is 10.8. The highest BCUT2D eigenvalue weighted by Crippen LogP contribution is 2.28. The first-order chi connectivity index (χ1) is 11.4. The molecule has 0 bridgehead atoms. The predicted molar refractivity (Wildman–Crippen MR) is 120 cm³/mol. The van der Waals surface area contributed by atoms with E-state index in [9.17, 15) is 0 Å². The Balaban J connectivity index is 3.04. The molecule has 1 atom stereocenters. The van der Waals surface area contributed by atoms with E-state index in [1.807, 2.05) is 0 Å². The summed E-state index contributed by atoms with van der Waals surface area (Å²) in [7, 11) is -1.62. The molecule has 136 valence electrons. The van der Waals surface area contributed by atoms with Gasteiger partial charge in [-0.05, 0) is 82.6 Å². The summed E-state index contributed by atoms with van der Waals surface area (Å²) >= 11 is 4.13. The minimum atomic E-state index is -1.62. The molecule has 0 spiro atoms. The number of aromatic nitrogens is 1. The van der Waals surface area contributed by atoms with Gasteiger partial charge in [0.2, 0.25) is 0 Å². The average Bonchev–Trinajstić information content (AvgIpc) is 3.03. The summed E-state index contributed by atoms with van der Waals surface area (Å²) in [5, 5.41) is 3.36. The highest BCUT2D eigenvalue weighted by molar-refractivity contribution is 14.1. The maximum Gasteiger partial charge on any atom is 0.192 e. The van der Waals surface area contributed by atoms with Gasteiger partial charge in [0.25, 0.3) is 0 Å². The van der Waals surface area contributed by atoms with Crippen molar-refractivity contribution >= 4 is 48.3 Å². The number of allylic oxidation sites excluding steroid dienone is 1. The monoisotopic (exact) mass is 477 g/mol. The van der Waals surface area contributed by atoms with E-state index in [0.717, 1.165) is 18.5 Å². The lowest BCUT2D eigenvalue weighted by molar-refractivity contribution is 0.225. The van der Waals surface area contributed by atoms with Crippen molar-refractivity contribution in [3.8, 4) is 0 Å². The molecule has 0 saturated carbocycles. The van der Waals surface area contributed by atoms with Crippen LogP contribution in [0.2, 0.25) is 18.1 Å². The molecule has 1 aromatic heterocycles. The third kappa shape index (κ3) is 6.73. The van der Waals surface area contributed by atoms with E-state index in [-0.39, 0.29) is 6.10 Å². The summed E-state index contributed by atoms with van der Waals surface area (Å²) in [5.41, 5.74) is 2.37. The topological polar surface area (TPSA) is 22.1 Å². The molecule has 1 unspecified atom stereocenters. The highest BCUT2D eigenvalue weighted by atomic mass is 127. The molecule has 1 aromatic rings. The first-order valence-electron chi connectivity index (χ1n) is 9.02. The van der Waals surface area contributed by atoms with E-state index >= 15 is 0 Å². The Hall–Kier alpha value is 0.0169. The molecule has 0 aliphatic heterocycles. The smallest absolute Gasteiger partial charge is 0.192 e. The van der Waals surface area contributed by atoms with Gasteiger partial charge in [-0.3, -0.25) is 0 Å². The lowest BCUT2D eigenvalue weighted by Crippen LogP contribution is -2.40. The Morgan fingerprint density at radius 2 is 1.88 bits per heavy atom. The number of aryl methyl sites for hydroxylation is 1. The van der Waals surface area contributed by atoms with E-state index < -0.39 is 8.32 Å². The number of nitrogens with zero attached hydrogens (tertiary/aromatic N) is 1. The molecular weight excluding hydrogens is 445 g/mol. The Labute approximate surface area is 167 Å². The second kappa shape index (κ2) is 10.9. The maximum atomic E-state index is 6.80. The van der Waals surface area contributed by atoms with E-state index in [1.165, 1.54) is 32.3 Å². The fourth-order valence-corrected chi connectivity index (χ4v) is 6.62. The van der Waals surface area contributed by atoms with Crippen LogP contribution in [0.5, 0.6) is 0 Å². The van der Waals surface area contributed by atoms with Gasteiger partial charge in [-0.15, -0.1) is 11.3 Å². The lowest BCUT2D eigenvalue weighted by Gasteiger charge is -2.33. The summed E-state index contributed by atoms with van der Waals surface area (Å²) in [6.45, 7) is 13.4. The van der Waals surface area contributed by atoms with Crippen molar-refractivity contribution in [2.75, 3.05) is 0 Å². The van der Waals surface area contributed by atoms with Crippen molar-refractivity contribution in [2.24, 2.45) is 0 Å². The SMILES string of the molecule is CCc1nc(/C=C(\C)C(C/C=C(/C)I)O[Si](CC)(CC)CC)cs1. The Morgan fingerprint density at radius 3 is 2.33 bits per heavy atom. The molecule has 0 aliphatic carbocycles. The van der Waals surface area contributed by atoms with Gasteiger partial charge in [-0.2, -0.15) is 0 Å². The van der Waals surface area contributed by atoms with Crippen molar-refractivity contribution in [3.05, 3.63) is 31.3 Å². The van der Waals surface area contributed by atoms with Crippen molar-refractivity contribution in [1.82, 2.24) is 4.98 Å². The maximum absolute atomic E-state index is 6.80. The minimum Gasteiger partial charge on any atom is -0.410 e. The van der Waals surface area contributed by atoms with Crippen LogP contribution in [0.1, 0.15) is 58.7 Å². The average molecular weight is 478 g/mol. The molecule has 0 amide bonds. The van der Waals surface area contributed by atoms with Crippen LogP contribution in [0.25, 0.3) is 6.08 Å². The predicted octanol–water partition coefficient (Wildman–Crippen LogP) is 7.23. The van der Waals surface area contributed by atoms with Crippen LogP contribution in [0, 0.1) is 0 Å². The zero-order valence-electron chi connectivity index (χ0n) is 16.0. The van der Waals surface area contributed by atoms with Gasteiger partial charge in [0.15, 0.2) is 8.32 Å². The van der Waals surface area contributed by atoms with Gasteiger partial charge in [0, 0.05) is 5.38 Å². The van der Waals surface area contributed by atoms with Gasteiger partial charge < -0.3 is 4.43 Å². The van der Waals surface area contributed by atoms with Gasteiger partial charge in [-0.1, -0.05) is 33.8 Å². The first-order valence-corrected chi connectivity index (χ1v) is 13.5. The van der Waals surface area contributed by atoms with Crippen molar-refractivity contribution in [1.29, 1.82) is 0 Å². The highest BCUT2D eigenvalue weighted by Gasteiger charge is 2.32. The standard InChI is InChI=1S/C19H32INOSSi/c1-7-19-21-17(14-23-19)13-15(5)18(12-11-16(6)20)22-24(8-2,9-3)10-4/h11,13-14,18H,7-10,12H2,1-6H3/b15-13+,16-11-. The van der Waals surface area contributed by atoms with Crippen LogP contribution in [0.3, 0.4) is 0 Å². The molecule has 1 rings (SSSR count). The van der Waals surface area contributed by atoms with Crippen molar-refractivity contribution in [2.45, 2.75) is 78.6 Å². The van der Waals surface area contributed by atoms with Crippen LogP contribution < -0.4 is 0 Å². The summed E-state index contributed by atoms with van der Waals surface area (Å²) in [4.78, 5) is 4.68. The third-order valence-electron chi connectivity index (χ3n) is 4.69. The van der Waals surface area contributed by atoms with Crippen molar-refractivity contribution < 1.29 is 4.43 Å². The quantitative estimate of drug-likeness (QED) is 0.262.